The Kier molecular flexibility index (Phi) is 6.42. The van der Waals surface area contributed by atoms with Gasteiger partial charge in [0.1, 0.15) is 10.6 Å². The summed E-state index contributed by atoms with van der Waals surface area (Å²) in [5, 5.41) is 3.93. The minimum Gasteiger partial charge on any atom is -0.462 e. The van der Waals surface area contributed by atoms with E-state index in [4.69, 9.17) is 4.74 Å². The van der Waals surface area contributed by atoms with Gasteiger partial charge in [0.25, 0.3) is 5.91 Å². The number of ketones is 1. The standard InChI is InChI=1S/C26H21NO4S/c1-2-31-26(30)22-20-15-9-14-19(16-21(28)17-10-5-3-6-11-17)23(20)32-25(22)27-24(29)18-12-7-4-8-13-18/h3-15H,2,16H2,1H3,(H,27,29). The van der Waals surface area contributed by atoms with Gasteiger partial charge in [-0.3, -0.25) is 9.59 Å². The second-order valence-corrected chi connectivity index (χ2v) is 8.13. The number of carbonyl (C=O) groups is 3. The Morgan fingerprint density at radius 1 is 0.844 bits per heavy atom. The van der Waals surface area contributed by atoms with E-state index in [1.54, 1.807) is 43.3 Å². The molecule has 6 heteroatoms. The number of rotatable bonds is 7. The van der Waals surface area contributed by atoms with Crippen molar-refractivity contribution < 1.29 is 19.1 Å². The van der Waals surface area contributed by atoms with Crippen molar-refractivity contribution in [3.05, 3.63) is 101 Å². The maximum absolute atomic E-state index is 12.8. The summed E-state index contributed by atoms with van der Waals surface area (Å²) in [7, 11) is 0. The Morgan fingerprint density at radius 2 is 1.50 bits per heavy atom. The van der Waals surface area contributed by atoms with Crippen LogP contribution in [0, 0.1) is 0 Å². The lowest BCUT2D eigenvalue weighted by Gasteiger charge is -2.07. The molecular formula is C26H21NO4S. The van der Waals surface area contributed by atoms with Crippen molar-refractivity contribution in [1.82, 2.24) is 0 Å². The highest BCUT2D eigenvalue weighted by atomic mass is 32.1. The van der Waals surface area contributed by atoms with Gasteiger partial charge >= 0.3 is 5.97 Å². The second-order valence-electron chi connectivity index (χ2n) is 7.11. The molecule has 4 aromatic rings. The zero-order valence-corrected chi connectivity index (χ0v) is 18.3. The van der Waals surface area contributed by atoms with Gasteiger partial charge in [0, 0.05) is 27.6 Å². The van der Waals surface area contributed by atoms with E-state index < -0.39 is 5.97 Å². The first kappa shape index (κ1) is 21.5. The Hall–Kier alpha value is -3.77. The summed E-state index contributed by atoms with van der Waals surface area (Å²) in [6.07, 6.45) is 0.191. The summed E-state index contributed by atoms with van der Waals surface area (Å²) in [6.45, 7) is 1.95. The fraction of sp³-hybridized carbons (Fsp3) is 0.115. The first-order chi connectivity index (χ1) is 15.6. The molecule has 0 fully saturated rings. The molecular weight excluding hydrogens is 422 g/mol. The third kappa shape index (κ3) is 4.45. The van der Waals surface area contributed by atoms with Crippen molar-refractivity contribution in [2.75, 3.05) is 11.9 Å². The highest BCUT2D eigenvalue weighted by Gasteiger charge is 2.24. The van der Waals surface area contributed by atoms with Gasteiger partial charge in [0.2, 0.25) is 0 Å². The number of nitrogens with one attached hydrogen (secondary N) is 1. The van der Waals surface area contributed by atoms with Crippen molar-refractivity contribution >= 4 is 44.1 Å². The van der Waals surface area contributed by atoms with Crippen molar-refractivity contribution in [2.24, 2.45) is 0 Å². The number of amides is 1. The molecule has 0 aliphatic rings. The number of benzene rings is 3. The maximum atomic E-state index is 12.8. The van der Waals surface area contributed by atoms with E-state index in [2.05, 4.69) is 5.32 Å². The third-order valence-corrected chi connectivity index (χ3v) is 6.18. The summed E-state index contributed by atoms with van der Waals surface area (Å²) in [5.41, 5.74) is 2.22. The average molecular weight is 444 g/mol. The summed E-state index contributed by atoms with van der Waals surface area (Å²) < 4.78 is 6.04. The van der Waals surface area contributed by atoms with Crippen molar-refractivity contribution in [3.8, 4) is 0 Å². The molecule has 1 amide bonds. The molecule has 3 aromatic carbocycles. The van der Waals surface area contributed by atoms with Gasteiger partial charge in [-0.1, -0.05) is 66.7 Å². The van der Waals surface area contributed by atoms with Crippen molar-refractivity contribution in [3.63, 3.8) is 0 Å². The smallest absolute Gasteiger partial charge is 0.341 e. The largest absolute Gasteiger partial charge is 0.462 e. The van der Waals surface area contributed by atoms with Crippen LogP contribution in [0.1, 0.15) is 43.6 Å². The monoisotopic (exact) mass is 443 g/mol. The van der Waals surface area contributed by atoms with E-state index in [0.717, 1.165) is 10.3 Å². The topological polar surface area (TPSA) is 72.5 Å². The molecule has 0 saturated heterocycles. The quantitative estimate of drug-likeness (QED) is 0.291. The lowest BCUT2D eigenvalue weighted by Crippen LogP contribution is -2.14. The maximum Gasteiger partial charge on any atom is 0.341 e. The molecule has 0 aliphatic carbocycles. The number of ether oxygens (including phenoxy) is 1. The number of anilines is 1. The molecule has 0 atom stereocenters. The van der Waals surface area contributed by atoms with Gasteiger partial charge in [0.05, 0.1) is 6.61 Å². The van der Waals surface area contributed by atoms with Gasteiger partial charge in [-0.25, -0.2) is 4.79 Å². The number of carbonyl (C=O) groups excluding carboxylic acids is 3. The van der Waals surface area contributed by atoms with Gasteiger partial charge in [0.15, 0.2) is 5.78 Å². The van der Waals surface area contributed by atoms with Gasteiger partial charge in [-0.05, 0) is 24.6 Å². The number of hydrogen-bond donors (Lipinski definition) is 1. The van der Waals surface area contributed by atoms with E-state index in [1.165, 1.54) is 11.3 Å². The van der Waals surface area contributed by atoms with E-state index >= 15 is 0 Å². The summed E-state index contributed by atoms with van der Waals surface area (Å²) in [4.78, 5) is 38.3. The van der Waals surface area contributed by atoms with Crippen LogP contribution >= 0.6 is 11.3 Å². The number of fused-ring (bicyclic) bond motifs is 1. The first-order valence-corrected chi connectivity index (χ1v) is 11.1. The summed E-state index contributed by atoms with van der Waals surface area (Å²) in [6, 6.07) is 23.4. The molecule has 1 aromatic heterocycles. The fourth-order valence-electron chi connectivity index (χ4n) is 3.47. The fourth-order valence-corrected chi connectivity index (χ4v) is 4.67. The predicted octanol–water partition coefficient (Wildman–Crippen LogP) is 5.76. The van der Waals surface area contributed by atoms with Crippen LogP contribution in [-0.4, -0.2) is 24.3 Å². The molecule has 5 nitrogen and oxygen atoms in total. The van der Waals surface area contributed by atoms with Crippen molar-refractivity contribution in [1.29, 1.82) is 0 Å². The van der Waals surface area contributed by atoms with Gasteiger partial charge < -0.3 is 10.1 Å². The minimum atomic E-state index is -0.506. The van der Waals surface area contributed by atoms with Gasteiger partial charge in [-0.2, -0.15) is 0 Å². The molecule has 1 N–H and O–H groups in total. The van der Waals surface area contributed by atoms with Crippen LogP contribution in [0.4, 0.5) is 5.00 Å². The van der Waals surface area contributed by atoms with Crippen LogP contribution in [0.3, 0.4) is 0 Å². The average Bonchev–Trinajstić information content (AvgIpc) is 3.19. The number of thiophene rings is 1. The lowest BCUT2D eigenvalue weighted by atomic mass is 10.0. The molecule has 0 radical (unpaired) electrons. The van der Waals surface area contributed by atoms with E-state index in [-0.39, 0.29) is 24.7 Å². The molecule has 0 saturated carbocycles. The van der Waals surface area contributed by atoms with Crippen LogP contribution in [0.5, 0.6) is 0 Å². The third-order valence-electron chi connectivity index (χ3n) is 4.99. The van der Waals surface area contributed by atoms with E-state index in [0.29, 0.717) is 27.1 Å². The van der Waals surface area contributed by atoms with E-state index in [1.807, 2.05) is 42.5 Å². The molecule has 0 unspecified atom stereocenters. The Labute approximate surface area is 189 Å². The van der Waals surface area contributed by atoms with E-state index in [9.17, 15) is 14.4 Å². The molecule has 160 valence electrons. The lowest BCUT2D eigenvalue weighted by molar-refractivity contribution is 0.0530. The predicted molar refractivity (Wildman–Crippen MR) is 127 cm³/mol. The molecule has 0 spiro atoms. The number of Topliss-reactive ketones (excluding diaryl/α,β-unsaturated/α-hetero) is 1. The highest BCUT2D eigenvalue weighted by molar-refractivity contribution is 7.23. The van der Waals surface area contributed by atoms with Crippen LogP contribution in [0.15, 0.2) is 78.9 Å². The molecule has 0 aliphatic heterocycles. The summed E-state index contributed by atoms with van der Waals surface area (Å²) >= 11 is 1.28. The van der Waals surface area contributed by atoms with Crippen LogP contribution in [0.25, 0.3) is 10.1 Å². The second kappa shape index (κ2) is 9.58. The molecule has 0 bridgehead atoms. The van der Waals surface area contributed by atoms with Crippen LogP contribution < -0.4 is 5.32 Å². The molecule has 1 heterocycles. The SMILES string of the molecule is CCOC(=O)c1c(NC(=O)c2ccccc2)sc2c(CC(=O)c3ccccc3)cccc12. The normalized spacial score (nSPS) is 10.7. The zero-order valence-electron chi connectivity index (χ0n) is 17.5. The zero-order chi connectivity index (χ0) is 22.5. The highest BCUT2D eigenvalue weighted by Crippen LogP contribution is 2.39. The molecule has 4 rings (SSSR count). The minimum absolute atomic E-state index is 0.0148. The summed E-state index contributed by atoms with van der Waals surface area (Å²) in [5.74, 6) is -0.836. The Morgan fingerprint density at radius 3 is 2.16 bits per heavy atom. The van der Waals surface area contributed by atoms with Crippen LogP contribution in [-0.2, 0) is 11.2 Å². The Balaban J connectivity index is 1.75. The molecule has 32 heavy (non-hydrogen) atoms. The number of hydrogen-bond acceptors (Lipinski definition) is 5. The van der Waals surface area contributed by atoms with Gasteiger partial charge in [-0.15, -0.1) is 11.3 Å². The Bertz CT molecular complexity index is 1280. The first-order valence-electron chi connectivity index (χ1n) is 10.2. The van der Waals surface area contributed by atoms with Crippen molar-refractivity contribution in [2.45, 2.75) is 13.3 Å². The van der Waals surface area contributed by atoms with Crippen LogP contribution in [0.2, 0.25) is 0 Å². The number of esters is 1.